The minimum Gasteiger partial charge on any atom is -0.456 e. The average Bonchev–Trinajstić information content (AvgIpc) is 3.73. The summed E-state index contributed by atoms with van der Waals surface area (Å²) in [6.45, 7) is 0. The number of thioether (sulfide) groups is 1. The number of nitrogens with one attached hydrogen (secondary N) is 1. The predicted molar refractivity (Wildman–Crippen MR) is 200 cm³/mol. The van der Waals surface area contributed by atoms with Gasteiger partial charge in [0.25, 0.3) is 0 Å². The molecule has 1 N–H and O–H groups in total. The maximum Gasteiger partial charge on any atom is 0.136 e. The molecule has 10 rings (SSSR count). The summed E-state index contributed by atoms with van der Waals surface area (Å²) in [5.74, 6) is 0.860. The van der Waals surface area contributed by atoms with Crippen molar-refractivity contribution < 1.29 is 4.42 Å². The molecule has 48 heavy (non-hydrogen) atoms. The van der Waals surface area contributed by atoms with Crippen molar-refractivity contribution in [2.45, 2.75) is 10.9 Å². The first-order valence-electron chi connectivity index (χ1n) is 16.2. The molecule has 1 unspecified atom stereocenters. The molecule has 0 radical (unpaired) electrons. The maximum absolute atomic E-state index is 6.46. The molecule has 0 amide bonds. The fourth-order valence-corrected chi connectivity index (χ4v) is 8.43. The molecule has 1 atom stereocenters. The van der Waals surface area contributed by atoms with E-state index in [1.54, 1.807) is 0 Å². The van der Waals surface area contributed by atoms with Gasteiger partial charge in [0.15, 0.2) is 0 Å². The van der Waals surface area contributed by atoms with Crippen molar-refractivity contribution in [3.8, 4) is 22.3 Å². The van der Waals surface area contributed by atoms with Gasteiger partial charge in [-0.25, -0.2) is 4.99 Å². The number of hydrogen-bond acceptors (Lipinski definition) is 4. The molecule has 4 heteroatoms. The highest BCUT2D eigenvalue weighted by molar-refractivity contribution is 8.03. The molecule has 1 aromatic heterocycles. The average molecular weight is 633 g/mol. The van der Waals surface area contributed by atoms with E-state index >= 15 is 0 Å². The van der Waals surface area contributed by atoms with Crippen molar-refractivity contribution in [3.05, 3.63) is 179 Å². The zero-order valence-electron chi connectivity index (χ0n) is 25.9. The largest absolute Gasteiger partial charge is 0.456 e. The summed E-state index contributed by atoms with van der Waals surface area (Å²) in [6.07, 6.45) is 0. The molecule has 3 nitrogen and oxygen atoms in total. The molecule has 0 fully saturated rings. The quantitative estimate of drug-likeness (QED) is 0.210. The third kappa shape index (κ3) is 4.41. The SMILES string of the molecule is c1ccc(C2=C3Sc4ccccc4C3NC(c3cccc4oc5ccc(-c6ccc7cc(-c8ccccc8)ccc7c6)cc5c34)=N2)cc1. The summed E-state index contributed by atoms with van der Waals surface area (Å²) in [4.78, 5) is 7.87. The fourth-order valence-electron chi connectivity index (χ4n) is 7.17. The Morgan fingerprint density at radius 1 is 0.542 bits per heavy atom. The number of benzene rings is 7. The Hall–Kier alpha value is -5.84. The van der Waals surface area contributed by atoms with Gasteiger partial charge in [0.1, 0.15) is 17.0 Å². The minimum atomic E-state index is 0.0397. The number of hydrogen-bond donors (Lipinski definition) is 1. The van der Waals surface area contributed by atoms with Gasteiger partial charge < -0.3 is 9.73 Å². The number of furan rings is 1. The number of aliphatic imine (C=N–C) groups is 1. The summed E-state index contributed by atoms with van der Waals surface area (Å²) in [7, 11) is 0. The Balaban J connectivity index is 1.10. The first-order valence-corrected chi connectivity index (χ1v) is 17.1. The molecule has 0 spiro atoms. The van der Waals surface area contributed by atoms with Gasteiger partial charge in [-0.1, -0.05) is 133 Å². The molecule has 0 saturated carbocycles. The molecule has 0 bridgehead atoms. The number of rotatable bonds is 4. The van der Waals surface area contributed by atoms with Crippen LogP contribution in [0.5, 0.6) is 0 Å². The van der Waals surface area contributed by atoms with E-state index in [-0.39, 0.29) is 6.04 Å². The Labute approximate surface area is 282 Å². The van der Waals surface area contributed by atoms with Crippen LogP contribution >= 0.6 is 11.8 Å². The highest BCUT2D eigenvalue weighted by Crippen LogP contribution is 2.52. The van der Waals surface area contributed by atoms with E-state index in [0.29, 0.717) is 0 Å². The van der Waals surface area contributed by atoms with Crippen LogP contribution in [0, 0.1) is 0 Å². The standard InChI is InChI=1S/C44H28N2OS/c1-3-10-27(11-4-1)29-18-19-31-25-32(21-20-30(31)24-29)33-22-23-37-36(26-33)40-35(15-9-16-38(40)47-37)44-45-41(28-12-5-2-6-13-28)43-42(46-44)34-14-7-8-17-39(34)48-43/h1-26,42H,(H,45,46). The van der Waals surface area contributed by atoms with Gasteiger partial charge >= 0.3 is 0 Å². The lowest BCUT2D eigenvalue weighted by molar-refractivity contribution is 0.669. The van der Waals surface area contributed by atoms with Gasteiger partial charge in [0, 0.05) is 31.7 Å². The summed E-state index contributed by atoms with van der Waals surface area (Å²) in [5, 5.41) is 8.45. The van der Waals surface area contributed by atoms with Crippen LogP contribution in [-0.2, 0) is 0 Å². The first kappa shape index (κ1) is 27.3. The van der Waals surface area contributed by atoms with Gasteiger partial charge in [0.05, 0.1) is 11.7 Å². The van der Waals surface area contributed by atoms with Crippen LogP contribution in [0.1, 0.15) is 22.7 Å². The second-order valence-corrected chi connectivity index (χ2v) is 13.5. The van der Waals surface area contributed by atoms with Crippen LogP contribution in [0.4, 0.5) is 0 Å². The molecule has 8 aromatic rings. The van der Waals surface area contributed by atoms with Crippen molar-refractivity contribution in [3.63, 3.8) is 0 Å². The molecule has 2 aliphatic rings. The molecule has 0 saturated heterocycles. The van der Waals surface area contributed by atoms with E-state index in [0.717, 1.165) is 50.2 Å². The summed E-state index contributed by atoms with van der Waals surface area (Å²) >= 11 is 1.82. The molecule has 3 heterocycles. The maximum atomic E-state index is 6.46. The lowest BCUT2D eigenvalue weighted by Crippen LogP contribution is -2.32. The number of fused-ring (bicyclic) bond motifs is 7. The molecule has 226 valence electrons. The third-order valence-corrected chi connectivity index (χ3v) is 10.8. The topological polar surface area (TPSA) is 37.5 Å². The Morgan fingerprint density at radius 2 is 1.21 bits per heavy atom. The van der Waals surface area contributed by atoms with E-state index in [9.17, 15) is 0 Å². The molecule has 7 aromatic carbocycles. The van der Waals surface area contributed by atoms with Gasteiger partial charge in [0.2, 0.25) is 0 Å². The van der Waals surface area contributed by atoms with Gasteiger partial charge in [-0.3, -0.25) is 0 Å². The number of nitrogens with zero attached hydrogens (tertiary/aromatic N) is 1. The van der Waals surface area contributed by atoms with Crippen LogP contribution in [0.2, 0.25) is 0 Å². The van der Waals surface area contributed by atoms with Crippen LogP contribution in [0.3, 0.4) is 0 Å². The molecule has 0 aliphatic carbocycles. The normalized spacial score (nSPS) is 15.4. The van der Waals surface area contributed by atoms with Crippen molar-refractivity contribution in [2.24, 2.45) is 4.99 Å². The predicted octanol–water partition coefficient (Wildman–Crippen LogP) is 11.6. The summed E-state index contributed by atoms with van der Waals surface area (Å²) in [6, 6.07) is 56.1. The number of amidine groups is 1. The van der Waals surface area contributed by atoms with E-state index in [4.69, 9.17) is 9.41 Å². The monoisotopic (exact) mass is 632 g/mol. The Kier molecular flexibility index (Phi) is 6.18. The zero-order chi connectivity index (χ0) is 31.6. The van der Waals surface area contributed by atoms with E-state index in [1.807, 2.05) is 11.8 Å². The molecular formula is C44H28N2OS. The van der Waals surface area contributed by atoms with Crippen molar-refractivity contribution in [2.75, 3.05) is 0 Å². The second-order valence-electron chi connectivity index (χ2n) is 12.4. The van der Waals surface area contributed by atoms with E-state index in [1.165, 1.54) is 42.8 Å². The van der Waals surface area contributed by atoms with E-state index < -0.39 is 0 Å². The smallest absolute Gasteiger partial charge is 0.136 e. The van der Waals surface area contributed by atoms with Crippen molar-refractivity contribution in [1.29, 1.82) is 0 Å². The second kappa shape index (κ2) is 10.9. The van der Waals surface area contributed by atoms with Gasteiger partial charge in [-0.2, -0.15) is 0 Å². The van der Waals surface area contributed by atoms with Gasteiger partial charge in [-0.05, 0) is 75.0 Å². The summed E-state index contributed by atoms with van der Waals surface area (Å²) in [5.41, 5.74) is 11.0. The zero-order valence-corrected chi connectivity index (χ0v) is 26.7. The molecule has 2 aliphatic heterocycles. The molecular weight excluding hydrogens is 605 g/mol. The van der Waals surface area contributed by atoms with Crippen LogP contribution < -0.4 is 5.32 Å². The third-order valence-electron chi connectivity index (χ3n) is 9.53. The Bertz CT molecular complexity index is 2620. The fraction of sp³-hybridized carbons (Fsp3) is 0.0227. The van der Waals surface area contributed by atoms with Crippen molar-refractivity contribution in [1.82, 2.24) is 5.32 Å². The highest BCUT2D eigenvalue weighted by atomic mass is 32.2. The summed E-state index contributed by atoms with van der Waals surface area (Å²) < 4.78 is 6.46. The highest BCUT2D eigenvalue weighted by Gasteiger charge is 2.35. The van der Waals surface area contributed by atoms with Crippen LogP contribution in [-0.4, -0.2) is 5.84 Å². The Morgan fingerprint density at radius 3 is 2.00 bits per heavy atom. The van der Waals surface area contributed by atoms with Gasteiger partial charge in [-0.15, -0.1) is 0 Å². The minimum absolute atomic E-state index is 0.0397. The lowest BCUT2D eigenvalue weighted by Gasteiger charge is -2.25. The van der Waals surface area contributed by atoms with Crippen molar-refractivity contribution >= 4 is 56.0 Å². The van der Waals surface area contributed by atoms with Crippen LogP contribution in [0.25, 0.3) is 60.7 Å². The van der Waals surface area contributed by atoms with E-state index in [2.05, 4.69) is 163 Å². The first-order chi connectivity index (χ1) is 23.8. The van der Waals surface area contributed by atoms with Crippen LogP contribution in [0.15, 0.2) is 177 Å². The lowest BCUT2D eigenvalue weighted by atomic mass is 9.96.